The molecule has 0 rings (SSSR count). The smallest absolute Gasteiger partial charge is 0.121 e. The fourth-order valence-corrected chi connectivity index (χ4v) is 2.77. The van der Waals surface area contributed by atoms with Gasteiger partial charge in [0.2, 0.25) is 0 Å². The molecule has 3 nitrogen and oxygen atoms in total. The van der Waals surface area contributed by atoms with Crippen LogP contribution in [0.25, 0.3) is 0 Å². The summed E-state index contributed by atoms with van der Waals surface area (Å²) in [5.74, 6) is -0.593. The van der Waals surface area contributed by atoms with Crippen LogP contribution in [-0.2, 0) is 0 Å². The molecule has 0 bridgehead atoms. The van der Waals surface area contributed by atoms with E-state index >= 15 is 0 Å². The van der Waals surface area contributed by atoms with Crippen LogP contribution in [0.3, 0.4) is 0 Å². The summed E-state index contributed by atoms with van der Waals surface area (Å²) < 4.78 is 0. The molecule has 0 amide bonds. The Kier molecular flexibility index (Phi) is 7.72. The lowest BCUT2D eigenvalue weighted by molar-refractivity contribution is -0.0224. The van der Waals surface area contributed by atoms with E-state index in [1.165, 1.54) is 44.9 Å². The molecule has 0 aromatic carbocycles. The van der Waals surface area contributed by atoms with Crippen molar-refractivity contribution < 1.29 is 0 Å². The first kappa shape index (κ1) is 19.9. The molecule has 0 heterocycles. The summed E-state index contributed by atoms with van der Waals surface area (Å²) in [5, 5.41) is 0. The minimum absolute atomic E-state index is 0.00860. The van der Waals surface area contributed by atoms with Crippen LogP contribution in [0, 0.1) is 16.7 Å². The van der Waals surface area contributed by atoms with E-state index in [0.29, 0.717) is 5.92 Å². The van der Waals surface area contributed by atoms with Crippen LogP contribution in [0.5, 0.6) is 0 Å². The summed E-state index contributed by atoms with van der Waals surface area (Å²) >= 11 is 0. The van der Waals surface area contributed by atoms with Crippen LogP contribution in [0.2, 0.25) is 0 Å². The van der Waals surface area contributed by atoms with Crippen molar-refractivity contribution in [3.8, 4) is 0 Å². The second-order valence-corrected chi connectivity index (χ2v) is 7.74. The summed E-state index contributed by atoms with van der Waals surface area (Å²) in [6, 6.07) is 0. The van der Waals surface area contributed by atoms with Gasteiger partial charge in [0.15, 0.2) is 0 Å². The van der Waals surface area contributed by atoms with Gasteiger partial charge < -0.3 is 17.2 Å². The van der Waals surface area contributed by atoms with Gasteiger partial charge in [-0.15, -0.1) is 0 Å². The van der Waals surface area contributed by atoms with Crippen molar-refractivity contribution in [2.75, 3.05) is 0 Å². The predicted molar refractivity (Wildman–Crippen MR) is 90.0 cm³/mol. The summed E-state index contributed by atoms with van der Waals surface area (Å²) in [6.45, 7) is 13.2. The van der Waals surface area contributed by atoms with Crippen LogP contribution < -0.4 is 17.2 Å². The van der Waals surface area contributed by atoms with Crippen molar-refractivity contribution in [3.05, 3.63) is 0 Å². The molecule has 0 radical (unpaired) electrons. The van der Waals surface area contributed by atoms with Gasteiger partial charge in [-0.1, -0.05) is 86.5 Å². The first-order chi connectivity index (χ1) is 8.98. The molecule has 1 atom stereocenters. The Hall–Kier alpha value is -0.120. The Labute approximate surface area is 127 Å². The molecular formula is C17H39N3. The zero-order valence-corrected chi connectivity index (χ0v) is 14.8. The minimum Gasteiger partial charge on any atom is -0.301 e. The third-order valence-corrected chi connectivity index (χ3v) is 5.92. The zero-order chi connectivity index (χ0) is 16.0. The summed E-state index contributed by atoms with van der Waals surface area (Å²) in [7, 11) is 0. The van der Waals surface area contributed by atoms with Crippen molar-refractivity contribution in [1.82, 2.24) is 0 Å². The van der Waals surface area contributed by atoms with Crippen LogP contribution in [0.15, 0.2) is 0 Å². The Morgan fingerprint density at radius 1 is 0.800 bits per heavy atom. The molecule has 0 aliphatic carbocycles. The molecule has 0 saturated carbocycles. The van der Waals surface area contributed by atoms with Gasteiger partial charge in [-0.2, -0.15) is 0 Å². The monoisotopic (exact) mass is 285 g/mol. The molecule has 3 heteroatoms. The molecule has 0 saturated heterocycles. The Balaban J connectivity index is 4.35. The quantitative estimate of drug-likeness (QED) is 0.420. The molecule has 1 unspecified atom stereocenters. The first-order valence-electron chi connectivity index (χ1n) is 8.35. The second kappa shape index (κ2) is 7.77. The van der Waals surface area contributed by atoms with Crippen molar-refractivity contribution >= 4 is 0 Å². The summed E-state index contributed by atoms with van der Waals surface area (Å²) in [5.41, 5.74) is 17.7. The Morgan fingerprint density at radius 2 is 1.25 bits per heavy atom. The number of rotatable bonds is 10. The number of nitrogens with two attached hydrogens (primary N) is 3. The van der Waals surface area contributed by atoms with Gasteiger partial charge in [-0.05, 0) is 11.3 Å². The Bertz CT molecular complexity index is 264. The van der Waals surface area contributed by atoms with Crippen molar-refractivity contribution in [2.24, 2.45) is 33.9 Å². The van der Waals surface area contributed by atoms with Crippen LogP contribution in [-0.4, -0.2) is 5.79 Å². The van der Waals surface area contributed by atoms with E-state index in [9.17, 15) is 0 Å². The van der Waals surface area contributed by atoms with Gasteiger partial charge >= 0.3 is 0 Å². The molecule has 0 aromatic rings. The molecule has 0 aliphatic heterocycles. The van der Waals surface area contributed by atoms with E-state index in [-0.39, 0.29) is 10.8 Å². The molecule has 6 N–H and O–H groups in total. The molecule has 0 aromatic heterocycles. The van der Waals surface area contributed by atoms with Crippen molar-refractivity contribution in [1.29, 1.82) is 0 Å². The van der Waals surface area contributed by atoms with E-state index in [4.69, 9.17) is 17.2 Å². The fourth-order valence-electron chi connectivity index (χ4n) is 2.77. The van der Waals surface area contributed by atoms with Gasteiger partial charge in [-0.25, -0.2) is 0 Å². The van der Waals surface area contributed by atoms with Crippen molar-refractivity contribution in [2.45, 2.75) is 92.3 Å². The maximum atomic E-state index is 6.00. The number of hydrogen-bond acceptors (Lipinski definition) is 3. The number of hydrogen-bond donors (Lipinski definition) is 3. The molecular weight excluding hydrogens is 246 g/mol. The normalized spacial score (nSPS) is 15.4. The van der Waals surface area contributed by atoms with Gasteiger partial charge in [0.05, 0.1) is 0 Å². The van der Waals surface area contributed by atoms with Crippen molar-refractivity contribution in [3.63, 3.8) is 0 Å². The SMILES string of the molecule is CCCCCCCCC(C)C(C)(C)C(C)(C)C(N)(N)N. The van der Waals surface area contributed by atoms with E-state index in [0.717, 1.165) is 0 Å². The van der Waals surface area contributed by atoms with E-state index < -0.39 is 5.79 Å². The molecule has 122 valence electrons. The lowest BCUT2D eigenvalue weighted by Gasteiger charge is -2.52. The summed E-state index contributed by atoms with van der Waals surface area (Å²) in [6.07, 6.45) is 9.25. The maximum Gasteiger partial charge on any atom is 0.121 e. The average Bonchev–Trinajstić information content (AvgIpc) is 2.31. The Morgan fingerprint density at radius 3 is 1.70 bits per heavy atom. The standard InChI is InChI=1S/C17H39N3/c1-7-8-9-10-11-12-13-14(2)15(3,4)16(5,6)17(18,19)20/h14H,7-13,18-20H2,1-6H3. The summed E-state index contributed by atoms with van der Waals surface area (Å²) in [4.78, 5) is 0. The highest BCUT2D eigenvalue weighted by Gasteiger charge is 2.49. The minimum atomic E-state index is -1.15. The molecule has 20 heavy (non-hydrogen) atoms. The predicted octanol–water partition coefficient (Wildman–Crippen LogP) is 3.96. The second-order valence-electron chi connectivity index (χ2n) is 7.74. The molecule has 0 aliphatic rings. The average molecular weight is 286 g/mol. The molecule has 0 spiro atoms. The largest absolute Gasteiger partial charge is 0.301 e. The highest BCUT2D eigenvalue weighted by molar-refractivity contribution is 4.99. The number of unbranched alkanes of at least 4 members (excludes halogenated alkanes) is 5. The fraction of sp³-hybridized carbons (Fsp3) is 1.00. The van der Waals surface area contributed by atoms with Gasteiger partial charge in [0.1, 0.15) is 5.79 Å². The lowest BCUT2D eigenvalue weighted by Crippen LogP contribution is -2.71. The highest BCUT2D eigenvalue weighted by Crippen LogP contribution is 2.48. The molecule has 0 fully saturated rings. The van der Waals surface area contributed by atoms with Crippen LogP contribution in [0.1, 0.15) is 86.5 Å². The van der Waals surface area contributed by atoms with Gasteiger partial charge in [0, 0.05) is 5.41 Å². The van der Waals surface area contributed by atoms with E-state index in [1.807, 2.05) is 0 Å². The van der Waals surface area contributed by atoms with Crippen LogP contribution in [0.4, 0.5) is 0 Å². The lowest BCUT2D eigenvalue weighted by atomic mass is 9.57. The third-order valence-electron chi connectivity index (χ3n) is 5.92. The first-order valence-corrected chi connectivity index (χ1v) is 8.35. The van der Waals surface area contributed by atoms with E-state index in [1.54, 1.807) is 0 Å². The highest BCUT2D eigenvalue weighted by atomic mass is 15.1. The van der Waals surface area contributed by atoms with Gasteiger partial charge in [0.25, 0.3) is 0 Å². The van der Waals surface area contributed by atoms with Crippen LogP contribution >= 0.6 is 0 Å². The van der Waals surface area contributed by atoms with E-state index in [2.05, 4.69) is 41.5 Å². The zero-order valence-electron chi connectivity index (χ0n) is 14.8. The maximum absolute atomic E-state index is 6.00. The van der Waals surface area contributed by atoms with Gasteiger partial charge in [-0.3, -0.25) is 0 Å². The topological polar surface area (TPSA) is 78.1 Å². The third kappa shape index (κ3) is 5.01.